The highest BCUT2D eigenvalue weighted by Crippen LogP contribution is 2.20. The molecule has 0 aromatic rings. The largest absolute Gasteiger partial charge is 0.346 e. The molecule has 0 radical (unpaired) electrons. The van der Waals surface area contributed by atoms with E-state index in [2.05, 4.69) is 12.2 Å². The van der Waals surface area contributed by atoms with Crippen molar-refractivity contribution in [3.05, 3.63) is 0 Å². The third kappa shape index (κ3) is 2.77. The van der Waals surface area contributed by atoms with Gasteiger partial charge in [0.2, 0.25) is 11.8 Å². The van der Waals surface area contributed by atoms with Gasteiger partial charge in [-0.1, -0.05) is 0 Å². The van der Waals surface area contributed by atoms with Gasteiger partial charge in [0.25, 0.3) is 0 Å². The normalized spacial score (nSPS) is 30.6. The van der Waals surface area contributed by atoms with E-state index in [-0.39, 0.29) is 17.7 Å². The van der Waals surface area contributed by atoms with Gasteiger partial charge in [0, 0.05) is 51.6 Å². The van der Waals surface area contributed by atoms with Crippen molar-refractivity contribution >= 4 is 11.8 Å². The number of rotatable bonds is 1. The molecule has 17 heavy (non-hydrogen) atoms. The molecule has 2 aliphatic heterocycles. The van der Waals surface area contributed by atoms with E-state index in [0.717, 1.165) is 26.1 Å². The Bertz CT molecular complexity index is 319. The standard InChI is InChI=1S/C12H21N3O2/c1-9-8-15(6-4-13-9)12(17)10-3-5-14(2)11(16)7-10/h9-10,13H,3-8H2,1-2H3/t9-,10+/m0/s1. The average Bonchev–Trinajstić information content (AvgIpc) is 2.32. The first-order valence-corrected chi connectivity index (χ1v) is 6.34. The topological polar surface area (TPSA) is 52.7 Å². The van der Waals surface area contributed by atoms with Crippen LogP contribution in [0.15, 0.2) is 0 Å². The minimum absolute atomic E-state index is 0.0935. The van der Waals surface area contributed by atoms with Gasteiger partial charge in [0.15, 0.2) is 0 Å². The Kier molecular flexibility index (Phi) is 3.66. The van der Waals surface area contributed by atoms with Crippen molar-refractivity contribution in [2.75, 3.05) is 33.2 Å². The molecule has 2 saturated heterocycles. The number of hydrogen-bond acceptors (Lipinski definition) is 3. The van der Waals surface area contributed by atoms with Crippen LogP contribution in [0, 0.1) is 5.92 Å². The molecule has 0 bridgehead atoms. The summed E-state index contributed by atoms with van der Waals surface area (Å²) in [5, 5.41) is 3.32. The molecule has 5 heteroatoms. The number of carbonyl (C=O) groups excluding carboxylic acids is 2. The van der Waals surface area contributed by atoms with Gasteiger partial charge in [-0.2, -0.15) is 0 Å². The van der Waals surface area contributed by atoms with Crippen molar-refractivity contribution in [2.45, 2.75) is 25.8 Å². The molecular weight excluding hydrogens is 218 g/mol. The van der Waals surface area contributed by atoms with E-state index in [0.29, 0.717) is 19.0 Å². The first-order valence-electron chi connectivity index (χ1n) is 6.34. The van der Waals surface area contributed by atoms with E-state index in [1.807, 2.05) is 4.90 Å². The first-order chi connectivity index (χ1) is 8.08. The maximum Gasteiger partial charge on any atom is 0.226 e. The van der Waals surface area contributed by atoms with E-state index < -0.39 is 0 Å². The van der Waals surface area contributed by atoms with Gasteiger partial charge in [0.1, 0.15) is 0 Å². The van der Waals surface area contributed by atoms with Crippen LogP contribution in [-0.4, -0.2) is 60.9 Å². The van der Waals surface area contributed by atoms with E-state index in [4.69, 9.17) is 0 Å². The molecule has 5 nitrogen and oxygen atoms in total. The lowest BCUT2D eigenvalue weighted by Gasteiger charge is -2.36. The van der Waals surface area contributed by atoms with E-state index >= 15 is 0 Å². The van der Waals surface area contributed by atoms with Gasteiger partial charge in [-0.15, -0.1) is 0 Å². The third-order valence-corrected chi connectivity index (χ3v) is 3.69. The summed E-state index contributed by atoms with van der Waals surface area (Å²) in [6, 6.07) is 0.356. The molecule has 0 aromatic heterocycles. The first kappa shape index (κ1) is 12.4. The minimum atomic E-state index is -0.0935. The number of hydrogen-bond donors (Lipinski definition) is 1. The Morgan fingerprint density at radius 2 is 2.18 bits per heavy atom. The predicted molar refractivity (Wildman–Crippen MR) is 64.4 cm³/mol. The fraction of sp³-hybridized carbons (Fsp3) is 0.833. The van der Waals surface area contributed by atoms with E-state index in [1.165, 1.54) is 0 Å². The van der Waals surface area contributed by atoms with Crippen LogP contribution >= 0.6 is 0 Å². The summed E-state index contributed by atoms with van der Waals surface area (Å²) in [7, 11) is 1.80. The molecule has 0 saturated carbocycles. The lowest BCUT2D eigenvalue weighted by molar-refractivity contribution is -0.145. The summed E-state index contributed by atoms with van der Waals surface area (Å²) in [4.78, 5) is 27.5. The number of amides is 2. The summed E-state index contributed by atoms with van der Waals surface area (Å²) < 4.78 is 0. The highest BCUT2D eigenvalue weighted by Gasteiger charge is 2.32. The second-order valence-corrected chi connectivity index (χ2v) is 5.14. The van der Waals surface area contributed by atoms with Crippen LogP contribution in [0.3, 0.4) is 0 Å². The third-order valence-electron chi connectivity index (χ3n) is 3.69. The maximum atomic E-state index is 12.3. The maximum absolute atomic E-state index is 12.3. The molecule has 96 valence electrons. The van der Waals surface area contributed by atoms with Crippen molar-refractivity contribution < 1.29 is 9.59 Å². The summed E-state index contributed by atoms with van der Waals surface area (Å²) in [6.45, 7) is 5.17. The Hall–Kier alpha value is -1.10. The van der Waals surface area contributed by atoms with Crippen molar-refractivity contribution in [3.8, 4) is 0 Å². The Labute approximate surface area is 102 Å². The average molecular weight is 239 g/mol. The second kappa shape index (κ2) is 5.04. The quantitative estimate of drug-likeness (QED) is 0.682. The van der Waals surface area contributed by atoms with E-state index in [1.54, 1.807) is 11.9 Å². The van der Waals surface area contributed by atoms with Crippen LogP contribution in [0.1, 0.15) is 19.8 Å². The highest BCUT2D eigenvalue weighted by molar-refractivity contribution is 5.87. The number of carbonyl (C=O) groups is 2. The molecule has 1 N–H and O–H groups in total. The van der Waals surface area contributed by atoms with Gasteiger partial charge in [-0.25, -0.2) is 0 Å². The van der Waals surface area contributed by atoms with Gasteiger partial charge >= 0.3 is 0 Å². The smallest absolute Gasteiger partial charge is 0.226 e. The molecule has 0 aliphatic carbocycles. The van der Waals surface area contributed by atoms with Crippen LogP contribution in [0.5, 0.6) is 0 Å². The predicted octanol–water partition coefficient (Wildman–Crippen LogP) is -0.325. The van der Waals surface area contributed by atoms with Gasteiger partial charge in [-0.3, -0.25) is 9.59 Å². The molecule has 2 amide bonds. The number of piperazine rings is 1. The molecule has 2 rings (SSSR count). The molecular formula is C12H21N3O2. The highest BCUT2D eigenvalue weighted by atomic mass is 16.2. The van der Waals surface area contributed by atoms with E-state index in [9.17, 15) is 9.59 Å². The number of likely N-dealkylation sites (tertiary alicyclic amines) is 1. The zero-order chi connectivity index (χ0) is 12.4. The van der Waals surface area contributed by atoms with Gasteiger partial charge in [-0.05, 0) is 13.3 Å². The van der Waals surface area contributed by atoms with Crippen molar-refractivity contribution in [1.82, 2.24) is 15.1 Å². The van der Waals surface area contributed by atoms with Crippen LogP contribution in [-0.2, 0) is 9.59 Å². The van der Waals surface area contributed by atoms with Crippen molar-refractivity contribution in [2.24, 2.45) is 5.92 Å². The van der Waals surface area contributed by atoms with Crippen LogP contribution in [0.25, 0.3) is 0 Å². The fourth-order valence-electron chi connectivity index (χ4n) is 2.54. The Morgan fingerprint density at radius 1 is 1.41 bits per heavy atom. The molecule has 0 unspecified atom stereocenters. The molecule has 0 aromatic carbocycles. The molecule has 2 atom stereocenters. The number of nitrogens with one attached hydrogen (secondary N) is 1. The number of piperidine rings is 1. The lowest BCUT2D eigenvalue weighted by Crippen LogP contribution is -2.54. The Morgan fingerprint density at radius 3 is 2.82 bits per heavy atom. The van der Waals surface area contributed by atoms with Crippen molar-refractivity contribution in [1.29, 1.82) is 0 Å². The Balaban J connectivity index is 1.93. The molecule has 2 aliphatic rings. The zero-order valence-corrected chi connectivity index (χ0v) is 10.6. The second-order valence-electron chi connectivity index (χ2n) is 5.14. The molecule has 2 fully saturated rings. The molecule has 2 heterocycles. The van der Waals surface area contributed by atoms with Crippen LogP contribution in [0.4, 0.5) is 0 Å². The summed E-state index contributed by atoms with van der Waals surface area (Å²) in [6.07, 6.45) is 1.19. The van der Waals surface area contributed by atoms with Crippen LogP contribution < -0.4 is 5.32 Å². The monoisotopic (exact) mass is 239 g/mol. The summed E-state index contributed by atoms with van der Waals surface area (Å²) >= 11 is 0. The van der Waals surface area contributed by atoms with Crippen molar-refractivity contribution in [3.63, 3.8) is 0 Å². The molecule has 0 spiro atoms. The summed E-state index contributed by atoms with van der Waals surface area (Å²) in [5.41, 5.74) is 0. The lowest BCUT2D eigenvalue weighted by atomic mass is 9.94. The zero-order valence-electron chi connectivity index (χ0n) is 10.6. The van der Waals surface area contributed by atoms with Gasteiger partial charge < -0.3 is 15.1 Å². The fourth-order valence-corrected chi connectivity index (χ4v) is 2.54. The van der Waals surface area contributed by atoms with Crippen LogP contribution in [0.2, 0.25) is 0 Å². The SMILES string of the molecule is C[C@H]1CN(C(=O)[C@@H]2CCN(C)C(=O)C2)CCN1. The summed E-state index contributed by atoms with van der Waals surface area (Å²) in [5.74, 6) is 0.168. The minimum Gasteiger partial charge on any atom is -0.346 e. The number of nitrogens with zero attached hydrogens (tertiary/aromatic N) is 2. The van der Waals surface area contributed by atoms with Gasteiger partial charge in [0.05, 0.1) is 0 Å².